The molecule has 1 aliphatic rings. The first-order valence-electron chi connectivity index (χ1n) is 4.44. The van der Waals surface area contributed by atoms with Gasteiger partial charge in [-0.2, -0.15) is 11.8 Å². The second kappa shape index (κ2) is 4.19. The smallest absolute Gasteiger partial charge is 0.0387 e. The van der Waals surface area contributed by atoms with Gasteiger partial charge in [-0.1, -0.05) is 13.8 Å². The molecule has 0 amide bonds. The van der Waals surface area contributed by atoms with Crippen LogP contribution in [0.5, 0.6) is 0 Å². The van der Waals surface area contributed by atoms with Crippen LogP contribution in [0.3, 0.4) is 0 Å². The molecule has 0 saturated carbocycles. The molecule has 0 spiro atoms. The maximum absolute atomic E-state index is 8.88. The van der Waals surface area contributed by atoms with E-state index in [1.54, 1.807) is 0 Å². The molecular weight excluding hydrogens is 170 g/mol. The standard InChI is InChI=1S/C9H17NOS/c1-4-9-7(3)8(10-11)5-6(2)12-9/h6,9-11H,4-5H2,1-3H3. The van der Waals surface area contributed by atoms with Gasteiger partial charge in [0.15, 0.2) is 0 Å². The molecule has 1 rings (SSSR count). The molecule has 2 unspecified atom stereocenters. The molecule has 1 heterocycles. The lowest BCUT2D eigenvalue weighted by Gasteiger charge is -2.28. The Labute approximate surface area is 78.4 Å². The zero-order valence-corrected chi connectivity index (χ0v) is 8.74. The van der Waals surface area contributed by atoms with Gasteiger partial charge in [0.25, 0.3) is 0 Å². The molecule has 2 nitrogen and oxygen atoms in total. The summed E-state index contributed by atoms with van der Waals surface area (Å²) in [5.41, 5.74) is 4.64. The zero-order valence-electron chi connectivity index (χ0n) is 7.92. The minimum Gasteiger partial charge on any atom is -0.291 e. The largest absolute Gasteiger partial charge is 0.291 e. The third-order valence-electron chi connectivity index (χ3n) is 2.35. The van der Waals surface area contributed by atoms with Gasteiger partial charge in [0.1, 0.15) is 0 Å². The number of hydrogen-bond acceptors (Lipinski definition) is 3. The molecule has 2 N–H and O–H groups in total. The first-order valence-corrected chi connectivity index (χ1v) is 5.38. The zero-order chi connectivity index (χ0) is 9.14. The monoisotopic (exact) mass is 187 g/mol. The Kier molecular flexibility index (Phi) is 3.47. The van der Waals surface area contributed by atoms with Crippen molar-refractivity contribution < 1.29 is 5.21 Å². The number of allylic oxidation sites excluding steroid dienone is 1. The average molecular weight is 187 g/mol. The van der Waals surface area contributed by atoms with E-state index in [9.17, 15) is 0 Å². The first kappa shape index (κ1) is 9.93. The van der Waals surface area contributed by atoms with Crippen LogP contribution in [0.4, 0.5) is 0 Å². The summed E-state index contributed by atoms with van der Waals surface area (Å²) in [4.78, 5) is 0. The summed E-state index contributed by atoms with van der Waals surface area (Å²) in [7, 11) is 0. The summed E-state index contributed by atoms with van der Waals surface area (Å²) in [5, 5.41) is 10.1. The lowest BCUT2D eigenvalue weighted by Crippen LogP contribution is -2.24. The Morgan fingerprint density at radius 2 is 2.33 bits per heavy atom. The molecular formula is C9H17NOS. The topological polar surface area (TPSA) is 32.3 Å². The van der Waals surface area contributed by atoms with E-state index in [-0.39, 0.29) is 0 Å². The average Bonchev–Trinajstić information content (AvgIpc) is 2.08. The predicted octanol–water partition coefficient (Wildman–Crippen LogP) is 2.54. The Hall–Kier alpha value is -0.150. The van der Waals surface area contributed by atoms with Crippen molar-refractivity contribution >= 4 is 11.8 Å². The summed E-state index contributed by atoms with van der Waals surface area (Å²) < 4.78 is 0. The SMILES string of the molecule is CCC1SC(C)CC(NO)=C1C. The van der Waals surface area contributed by atoms with Gasteiger partial charge in [0, 0.05) is 22.6 Å². The number of rotatable bonds is 2. The normalized spacial score (nSPS) is 30.7. The van der Waals surface area contributed by atoms with E-state index in [0.29, 0.717) is 10.5 Å². The van der Waals surface area contributed by atoms with Crippen LogP contribution in [0.15, 0.2) is 11.3 Å². The quantitative estimate of drug-likeness (QED) is 0.652. The fourth-order valence-electron chi connectivity index (χ4n) is 1.61. The highest BCUT2D eigenvalue weighted by molar-refractivity contribution is 8.00. The minimum absolute atomic E-state index is 0.586. The molecule has 1 aliphatic heterocycles. The van der Waals surface area contributed by atoms with Gasteiger partial charge in [-0.05, 0) is 18.9 Å². The second-order valence-corrected chi connectivity index (χ2v) is 4.97. The van der Waals surface area contributed by atoms with Crippen molar-refractivity contribution in [2.75, 3.05) is 0 Å². The van der Waals surface area contributed by atoms with Crippen molar-refractivity contribution in [1.82, 2.24) is 5.48 Å². The van der Waals surface area contributed by atoms with Crippen molar-refractivity contribution in [3.05, 3.63) is 11.3 Å². The van der Waals surface area contributed by atoms with Gasteiger partial charge in [-0.25, -0.2) is 0 Å². The maximum atomic E-state index is 8.88. The number of thioether (sulfide) groups is 1. The molecule has 0 aliphatic carbocycles. The summed E-state index contributed by atoms with van der Waals surface area (Å²) in [5.74, 6) is 0. The van der Waals surface area contributed by atoms with Gasteiger partial charge in [-0.3, -0.25) is 10.7 Å². The van der Waals surface area contributed by atoms with Gasteiger partial charge in [0.05, 0.1) is 0 Å². The molecule has 12 heavy (non-hydrogen) atoms. The Balaban J connectivity index is 2.78. The highest BCUT2D eigenvalue weighted by atomic mass is 32.2. The van der Waals surface area contributed by atoms with E-state index in [1.165, 1.54) is 5.57 Å². The highest BCUT2D eigenvalue weighted by Crippen LogP contribution is 2.35. The Bertz CT molecular complexity index is 191. The Morgan fingerprint density at radius 3 is 2.83 bits per heavy atom. The van der Waals surface area contributed by atoms with Gasteiger partial charge in [-0.15, -0.1) is 0 Å². The molecule has 70 valence electrons. The van der Waals surface area contributed by atoms with Gasteiger partial charge >= 0.3 is 0 Å². The lowest BCUT2D eigenvalue weighted by atomic mass is 10.1. The van der Waals surface area contributed by atoms with Crippen LogP contribution in [-0.4, -0.2) is 15.7 Å². The van der Waals surface area contributed by atoms with Crippen molar-refractivity contribution in [3.8, 4) is 0 Å². The molecule has 0 saturated heterocycles. The molecule has 0 aromatic heterocycles. The van der Waals surface area contributed by atoms with Crippen LogP contribution < -0.4 is 5.48 Å². The maximum Gasteiger partial charge on any atom is 0.0387 e. The van der Waals surface area contributed by atoms with E-state index in [1.807, 2.05) is 11.8 Å². The van der Waals surface area contributed by atoms with E-state index in [2.05, 4.69) is 26.3 Å². The molecule has 0 fully saturated rings. The summed E-state index contributed by atoms with van der Waals surface area (Å²) in [6.07, 6.45) is 2.11. The van der Waals surface area contributed by atoms with Crippen molar-refractivity contribution in [2.45, 2.75) is 44.1 Å². The molecule has 0 aromatic carbocycles. The second-order valence-electron chi connectivity index (χ2n) is 3.32. The van der Waals surface area contributed by atoms with Crippen LogP contribution in [0.25, 0.3) is 0 Å². The molecule has 0 bridgehead atoms. The third-order valence-corrected chi connectivity index (χ3v) is 4.00. The lowest BCUT2D eigenvalue weighted by molar-refractivity contribution is 0.194. The molecule has 0 radical (unpaired) electrons. The van der Waals surface area contributed by atoms with Crippen LogP contribution in [0.2, 0.25) is 0 Å². The van der Waals surface area contributed by atoms with Crippen LogP contribution in [0.1, 0.15) is 33.6 Å². The summed E-state index contributed by atoms with van der Waals surface area (Å²) in [6, 6.07) is 0. The van der Waals surface area contributed by atoms with Crippen LogP contribution >= 0.6 is 11.8 Å². The molecule has 3 heteroatoms. The van der Waals surface area contributed by atoms with E-state index in [0.717, 1.165) is 18.5 Å². The fourth-order valence-corrected chi connectivity index (χ4v) is 2.97. The van der Waals surface area contributed by atoms with Crippen molar-refractivity contribution in [1.29, 1.82) is 0 Å². The van der Waals surface area contributed by atoms with Gasteiger partial charge < -0.3 is 0 Å². The predicted molar refractivity (Wildman–Crippen MR) is 53.4 cm³/mol. The summed E-state index contributed by atoms with van der Waals surface area (Å²) >= 11 is 2.00. The third kappa shape index (κ3) is 1.96. The van der Waals surface area contributed by atoms with Crippen molar-refractivity contribution in [2.24, 2.45) is 0 Å². The van der Waals surface area contributed by atoms with Crippen LogP contribution in [-0.2, 0) is 0 Å². The molecule has 0 aromatic rings. The number of nitrogens with one attached hydrogen (secondary N) is 1. The van der Waals surface area contributed by atoms with Crippen molar-refractivity contribution in [3.63, 3.8) is 0 Å². The first-order chi connectivity index (χ1) is 5.69. The Morgan fingerprint density at radius 1 is 1.67 bits per heavy atom. The minimum atomic E-state index is 0.586. The number of hydroxylamine groups is 1. The van der Waals surface area contributed by atoms with Gasteiger partial charge in [0.2, 0.25) is 0 Å². The highest BCUT2D eigenvalue weighted by Gasteiger charge is 2.23. The fraction of sp³-hybridized carbons (Fsp3) is 0.778. The van der Waals surface area contributed by atoms with E-state index in [4.69, 9.17) is 5.21 Å². The van der Waals surface area contributed by atoms with E-state index >= 15 is 0 Å². The summed E-state index contributed by atoms with van der Waals surface area (Å²) in [6.45, 7) is 6.50. The molecule has 2 atom stereocenters. The van der Waals surface area contributed by atoms with E-state index < -0.39 is 0 Å². The number of hydrogen-bond donors (Lipinski definition) is 2. The van der Waals surface area contributed by atoms with Crippen LogP contribution in [0, 0.1) is 0 Å².